The number of amides is 2. The Morgan fingerprint density at radius 1 is 1.33 bits per heavy atom. The van der Waals surface area contributed by atoms with Crippen LogP contribution in [0.15, 0.2) is 4.58 Å². The third kappa shape index (κ3) is 7.64. The second-order valence-corrected chi connectivity index (χ2v) is 6.22. The summed E-state index contributed by atoms with van der Waals surface area (Å²) in [6.07, 6.45) is 0.683. The van der Waals surface area contributed by atoms with Crippen molar-refractivity contribution in [2.75, 3.05) is 13.2 Å². The lowest BCUT2D eigenvalue weighted by atomic mass is 10.0. The maximum Gasteiger partial charge on any atom is 0.325 e. The van der Waals surface area contributed by atoms with Gasteiger partial charge >= 0.3 is 5.97 Å². The molecule has 0 aliphatic rings. The zero-order valence-corrected chi connectivity index (χ0v) is 13.4. The molecule has 0 saturated heterocycles. The Labute approximate surface area is 127 Å². The zero-order chi connectivity index (χ0) is 16.5. The molecular weight excluding hydrogens is 298 g/mol. The van der Waals surface area contributed by atoms with Gasteiger partial charge in [0.15, 0.2) is 0 Å². The summed E-state index contributed by atoms with van der Waals surface area (Å²) in [6, 6.07) is -1.00. The van der Waals surface area contributed by atoms with Crippen molar-refractivity contribution in [1.82, 2.24) is 10.6 Å². The Balaban J connectivity index is 4.69. The van der Waals surface area contributed by atoms with Gasteiger partial charge in [0.1, 0.15) is 12.6 Å². The van der Waals surface area contributed by atoms with Crippen LogP contribution in [-0.2, 0) is 19.1 Å². The molecule has 8 nitrogen and oxygen atoms in total. The Morgan fingerprint density at radius 3 is 2.43 bits per heavy atom. The largest absolute Gasteiger partial charge is 0.464 e. The number of carbonyl (C=O) groups is 3. The van der Waals surface area contributed by atoms with Gasteiger partial charge in [-0.2, -0.15) is 0 Å². The van der Waals surface area contributed by atoms with Gasteiger partial charge in [0.25, 0.3) is 0 Å². The molecular formula is C12H21N3O5S. The highest BCUT2D eigenvalue weighted by Crippen LogP contribution is 2.29. The predicted molar refractivity (Wildman–Crippen MR) is 79.3 cm³/mol. The first-order chi connectivity index (χ1) is 9.74. The molecule has 1 atom stereocenters. The highest BCUT2D eigenvalue weighted by molar-refractivity contribution is 7.99. The fourth-order valence-electron chi connectivity index (χ4n) is 1.44. The van der Waals surface area contributed by atoms with Crippen molar-refractivity contribution in [1.29, 1.82) is 0 Å². The van der Waals surface area contributed by atoms with Crippen LogP contribution in [0.5, 0.6) is 0 Å². The number of nitroso groups, excluding NO2 is 1. The van der Waals surface area contributed by atoms with Crippen molar-refractivity contribution < 1.29 is 19.1 Å². The molecule has 0 rings (SSSR count). The summed E-state index contributed by atoms with van der Waals surface area (Å²) < 4.78 is 6.56. The topological polar surface area (TPSA) is 114 Å². The Bertz CT molecular complexity index is 400. The predicted octanol–water partition coefficient (Wildman–Crippen LogP) is 0.754. The minimum absolute atomic E-state index is 0.278. The minimum atomic E-state index is -1.00. The van der Waals surface area contributed by atoms with Gasteiger partial charge in [0.05, 0.1) is 11.4 Å². The van der Waals surface area contributed by atoms with Crippen LogP contribution < -0.4 is 10.6 Å². The van der Waals surface area contributed by atoms with E-state index in [-0.39, 0.29) is 13.2 Å². The minimum Gasteiger partial charge on any atom is -0.464 e. The molecule has 0 unspecified atom stereocenters. The second-order valence-electron chi connectivity index (χ2n) is 4.84. The molecule has 0 radical (unpaired) electrons. The first kappa shape index (κ1) is 19.4. The number of hydrogen-bond acceptors (Lipinski definition) is 7. The summed E-state index contributed by atoms with van der Waals surface area (Å²) in [4.78, 5) is 45.0. The van der Waals surface area contributed by atoms with Crippen LogP contribution >= 0.6 is 11.9 Å². The molecule has 0 aromatic heterocycles. The van der Waals surface area contributed by atoms with E-state index in [1.807, 2.05) is 6.92 Å². The number of ether oxygens (including phenoxy) is 1. The van der Waals surface area contributed by atoms with Gasteiger partial charge in [0, 0.05) is 23.5 Å². The monoisotopic (exact) mass is 319 g/mol. The summed E-state index contributed by atoms with van der Waals surface area (Å²) in [5, 5.41) is 4.82. The lowest BCUT2D eigenvalue weighted by Crippen LogP contribution is -2.56. The second kappa shape index (κ2) is 9.32. The number of esters is 1. The molecule has 120 valence electrons. The highest BCUT2D eigenvalue weighted by Gasteiger charge is 2.37. The molecule has 0 aliphatic heterocycles. The quantitative estimate of drug-likeness (QED) is 0.368. The van der Waals surface area contributed by atoms with Crippen LogP contribution in [0.4, 0.5) is 0 Å². The summed E-state index contributed by atoms with van der Waals surface area (Å²) in [6.45, 7) is 6.27. The van der Waals surface area contributed by atoms with E-state index in [1.165, 1.54) is 6.92 Å². The smallest absolute Gasteiger partial charge is 0.325 e. The lowest BCUT2D eigenvalue weighted by Gasteiger charge is -2.30. The van der Waals surface area contributed by atoms with E-state index in [2.05, 4.69) is 15.2 Å². The molecule has 0 bridgehead atoms. The lowest BCUT2D eigenvalue weighted by molar-refractivity contribution is -0.144. The van der Waals surface area contributed by atoms with Crippen LogP contribution in [0.3, 0.4) is 0 Å². The van der Waals surface area contributed by atoms with E-state index in [0.717, 1.165) is 0 Å². The molecule has 0 spiro atoms. The number of nitrogens with zero attached hydrogens (tertiary/aromatic N) is 1. The van der Waals surface area contributed by atoms with E-state index < -0.39 is 28.6 Å². The first-order valence-electron chi connectivity index (χ1n) is 6.45. The van der Waals surface area contributed by atoms with Crippen molar-refractivity contribution in [3.63, 3.8) is 0 Å². The number of rotatable bonds is 9. The fourth-order valence-corrected chi connectivity index (χ4v) is 1.90. The van der Waals surface area contributed by atoms with E-state index in [1.54, 1.807) is 13.8 Å². The van der Waals surface area contributed by atoms with Crippen molar-refractivity contribution >= 4 is 29.7 Å². The van der Waals surface area contributed by atoms with Crippen LogP contribution in [0.1, 0.15) is 34.1 Å². The van der Waals surface area contributed by atoms with E-state index in [4.69, 9.17) is 4.74 Å². The highest BCUT2D eigenvalue weighted by atomic mass is 32.2. The molecule has 0 aliphatic carbocycles. The van der Waals surface area contributed by atoms with Crippen molar-refractivity contribution in [2.45, 2.75) is 44.9 Å². The van der Waals surface area contributed by atoms with E-state index >= 15 is 0 Å². The maximum absolute atomic E-state index is 12.1. The summed E-state index contributed by atoms with van der Waals surface area (Å²) in [5.41, 5.74) is 0. The standard InChI is InChI=1S/C12H21N3O5S/c1-5-6-20-9(17)7-13-11(18)10(14-8(2)16)12(3,4)21-15-19/h10H,5-7H2,1-4H3,(H,13,18)(H,14,16)/t10-/m0/s1. The molecule has 0 saturated carbocycles. The molecule has 9 heteroatoms. The summed E-state index contributed by atoms with van der Waals surface area (Å²) in [7, 11) is 0. The molecule has 0 fully saturated rings. The molecule has 0 aromatic carbocycles. The number of nitrogens with one attached hydrogen (secondary N) is 2. The van der Waals surface area contributed by atoms with Crippen molar-refractivity contribution in [2.24, 2.45) is 4.58 Å². The van der Waals surface area contributed by atoms with Gasteiger partial charge in [-0.25, -0.2) is 0 Å². The van der Waals surface area contributed by atoms with Gasteiger partial charge in [-0.05, 0) is 20.3 Å². The Morgan fingerprint density at radius 2 is 1.95 bits per heavy atom. The average Bonchev–Trinajstić information content (AvgIpc) is 2.39. The van der Waals surface area contributed by atoms with Gasteiger partial charge in [-0.3, -0.25) is 14.4 Å². The number of carbonyl (C=O) groups excluding carboxylic acids is 3. The Hall–Kier alpha value is -1.64. The first-order valence-corrected chi connectivity index (χ1v) is 7.23. The van der Waals surface area contributed by atoms with Crippen LogP contribution in [0, 0.1) is 4.91 Å². The van der Waals surface area contributed by atoms with E-state index in [9.17, 15) is 19.3 Å². The van der Waals surface area contributed by atoms with Crippen LogP contribution in [-0.4, -0.2) is 41.7 Å². The van der Waals surface area contributed by atoms with Crippen LogP contribution in [0.25, 0.3) is 0 Å². The third-order valence-corrected chi connectivity index (χ3v) is 3.23. The average molecular weight is 319 g/mol. The van der Waals surface area contributed by atoms with Gasteiger partial charge < -0.3 is 15.4 Å². The normalized spacial score (nSPS) is 12.2. The number of hydrogen-bond donors (Lipinski definition) is 2. The molecule has 0 heterocycles. The Kier molecular flexibility index (Phi) is 8.60. The van der Waals surface area contributed by atoms with Crippen molar-refractivity contribution in [3.8, 4) is 0 Å². The fraction of sp³-hybridized carbons (Fsp3) is 0.750. The van der Waals surface area contributed by atoms with Crippen LogP contribution in [0.2, 0.25) is 0 Å². The molecule has 0 aromatic rings. The van der Waals surface area contributed by atoms with Gasteiger partial charge in [-0.15, -0.1) is 4.91 Å². The zero-order valence-electron chi connectivity index (χ0n) is 12.6. The van der Waals surface area contributed by atoms with Crippen molar-refractivity contribution in [3.05, 3.63) is 4.91 Å². The van der Waals surface area contributed by atoms with Gasteiger partial charge in [-0.1, -0.05) is 6.92 Å². The maximum atomic E-state index is 12.1. The summed E-state index contributed by atoms with van der Waals surface area (Å²) >= 11 is 0.638. The third-order valence-electron chi connectivity index (χ3n) is 2.45. The molecule has 2 amide bonds. The SMILES string of the molecule is CCCOC(=O)CNC(=O)[C@H](NC(C)=O)C(C)(C)SN=O. The molecule has 2 N–H and O–H groups in total. The van der Waals surface area contributed by atoms with E-state index in [0.29, 0.717) is 18.4 Å². The van der Waals surface area contributed by atoms with Gasteiger partial charge in [0.2, 0.25) is 11.8 Å². The summed E-state index contributed by atoms with van der Waals surface area (Å²) in [5.74, 6) is -1.58. The molecule has 21 heavy (non-hydrogen) atoms.